The molecule has 0 amide bonds. The molecule has 12 heteroatoms. The van der Waals surface area contributed by atoms with Gasteiger partial charge in [0.05, 0.1) is 12.7 Å². The molecular weight excluding hydrogens is 468 g/mol. The molecule has 2 aliphatic heterocycles. The van der Waals surface area contributed by atoms with E-state index < -0.39 is 11.8 Å². The van der Waals surface area contributed by atoms with Crippen molar-refractivity contribution in [2.45, 2.75) is 26.4 Å². The van der Waals surface area contributed by atoms with Gasteiger partial charge in [0.1, 0.15) is 18.1 Å². The van der Waals surface area contributed by atoms with Gasteiger partial charge in [0, 0.05) is 45.0 Å². The summed E-state index contributed by atoms with van der Waals surface area (Å²) in [6.07, 6.45) is 2.80. The first-order chi connectivity index (χ1) is 17.4. The Morgan fingerprint density at radius 1 is 1.00 bits per heavy atom. The minimum absolute atomic E-state index is 0.0348. The van der Waals surface area contributed by atoms with E-state index in [1.807, 2.05) is 30.9 Å². The van der Waals surface area contributed by atoms with Crippen LogP contribution in [0.4, 0.5) is 26.4 Å². The summed E-state index contributed by atoms with van der Waals surface area (Å²) in [6.45, 7) is 9.77. The molecule has 0 atom stereocenters. The van der Waals surface area contributed by atoms with Crippen LogP contribution in [0.5, 0.6) is 5.75 Å². The number of halogens is 2. The second kappa shape index (κ2) is 10.2. The summed E-state index contributed by atoms with van der Waals surface area (Å²) in [7, 11) is 2.13. The van der Waals surface area contributed by atoms with Gasteiger partial charge in [-0.2, -0.15) is 9.37 Å². The van der Waals surface area contributed by atoms with E-state index in [0.717, 1.165) is 44.5 Å². The highest BCUT2D eigenvalue weighted by molar-refractivity contribution is 5.62. The molecule has 5 heterocycles. The van der Waals surface area contributed by atoms with Crippen LogP contribution in [0.25, 0.3) is 11.5 Å². The maximum atomic E-state index is 14.8. The molecule has 2 aliphatic rings. The fraction of sp³-hybridized carbons (Fsp3) is 0.458. The minimum atomic E-state index is -0.856. The summed E-state index contributed by atoms with van der Waals surface area (Å²) in [5.41, 5.74) is 0.885. The van der Waals surface area contributed by atoms with Gasteiger partial charge in [-0.1, -0.05) is 6.07 Å². The number of anilines is 3. The van der Waals surface area contributed by atoms with Crippen LogP contribution in [0.1, 0.15) is 19.4 Å². The van der Waals surface area contributed by atoms with Crippen LogP contribution in [0.15, 0.2) is 24.5 Å². The lowest BCUT2D eigenvalue weighted by Crippen LogP contribution is -2.43. The van der Waals surface area contributed by atoms with Gasteiger partial charge in [-0.25, -0.2) is 24.3 Å². The zero-order valence-corrected chi connectivity index (χ0v) is 20.6. The van der Waals surface area contributed by atoms with Crippen LogP contribution in [-0.2, 0) is 6.54 Å². The zero-order valence-electron chi connectivity index (χ0n) is 20.6. The van der Waals surface area contributed by atoms with E-state index in [4.69, 9.17) is 4.74 Å². The van der Waals surface area contributed by atoms with Gasteiger partial charge >= 0.3 is 0 Å². The number of hydrogen-bond acceptors (Lipinski definition) is 10. The number of pyridine rings is 1. The summed E-state index contributed by atoms with van der Waals surface area (Å²) in [5.74, 6) is -0.943. The minimum Gasteiger partial charge on any atom is -0.484 e. The number of rotatable bonds is 6. The SMILES string of the molecule is CC(C)N1CCOc2c(F)nc(-c3nc(Nc4ccc(CN5CCN(C)CC5)cn4)ncc3F)nc21. The highest BCUT2D eigenvalue weighted by Crippen LogP contribution is 2.34. The molecule has 0 aromatic carbocycles. The predicted octanol–water partition coefficient (Wildman–Crippen LogP) is 2.71. The molecule has 1 fully saturated rings. The van der Waals surface area contributed by atoms with Gasteiger partial charge < -0.3 is 19.9 Å². The number of hydrogen-bond donors (Lipinski definition) is 1. The van der Waals surface area contributed by atoms with E-state index in [2.05, 4.69) is 47.1 Å². The van der Waals surface area contributed by atoms with E-state index >= 15 is 0 Å². The number of aromatic nitrogens is 5. The van der Waals surface area contributed by atoms with E-state index in [-0.39, 0.29) is 35.1 Å². The van der Waals surface area contributed by atoms with Crippen molar-refractivity contribution in [2.75, 3.05) is 56.6 Å². The normalized spacial score (nSPS) is 16.7. The van der Waals surface area contributed by atoms with Gasteiger partial charge in [-0.15, -0.1) is 0 Å². The van der Waals surface area contributed by atoms with Crippen LogP contribution < -0.4 is 15.0 Å². The first-order valence-corrected chi connectivity index (χ1v) is 12.0. The van der Waals surface area contributed by atoms with Gasteiger partial charge in [0.2, 0.25) is 11.7 Å². The lowest BCUT2D eigenvalue weighted by Gasteiger charge is -2.33. The first kappa shape index (κ1) is 24.2. The van der Waals surface area contributed by atoms with E-state index in [1.54, 1.807) is 6.20 Å². The summed E-state index contributed by atoms with van der Waals surface area (Å²) >= 11 is 0. The molecule has 0 radical (unpaired) electrons. The molecule has 3 aromatic rings. The Morgan fingerprint density at radius 3 is 2.53 bits per heavy atom. The molecule has 10 nitrogen and oxygen atoms in total. The largest absolute Gasteiger partial charge is 0.484 e. The highest BCUT2D eigenvalue weighted by atomic mass is 19.1. The van der Waals surface area contributed by atoms with Crippen molar-refractivity contribution in [3.8, 4) is 17.3 Å². The lowest BCUT2D eigenvalue weighted by molar-refractivity contribution is 0.148. The number of nitrogens with one attached hydrogen (secondary N) is 1. The van der Waals surface area contributed by atoms with Gasteiger partial charge in [0.15, 0.2) is 17.5 Å². The van der Waals surface area contributed by atoms with Crippen LogP contribution in [0.3, 0.4) is 0 Å². The molecular formula is C24H29F2N9O. The third-order valence-electron chi connectivity index (χ3n) is 6.30. The van der Waals surface area contributed by atoms with Gasteiger partial charge in [-0.3, -0.25) is 4.90 Å². The monoisotopic (exact) mass is 497 g/mol. The Labute approximate surface area is 208 Å². The predicted molar refractivity (Wildman–Crippen MR) is 131 cm³/mol. The fourth-order valence-electron chi connectivity index (χ4n) is 4.25. The number of piperazine rings is 1. The average molecular weight is 498 g/mol. The van der Waals surface area contributed by atoms with E-state index in [1.165, 1.54) is 0 Å². The van der Waals surface area contributed by atoms with E-state index in [9.17, 15) is 8.78 Å². The average Bonchev–Trinajstić information content (AvgIpc) is 2.87. The summed E-state index contributed by atoms with van der Waals surface area (Å²) < 4.78 is 34.9. The van der Waals surface area contributed by atoms with Crippen molar-refractivity contribution in [1.29, 1.82) is 0 Å². The lowest BCUT2D eigenvalue weighted by atomic mass is 10.2. The fourth-order valence-corrected chi connectivity index (χ4v) is 4.25. The van der Waals surface area contributed by atoms with Crippen molar-refractivity contribution in [2.24, 2.45) is 0 Å². The quantitative estimate of drug-likeness (QED) is 0.512. The molecule has 0 aliphatic carbocycles. The summed E-state index contributed by atoms with van der Waals surface area (Å²) in [5, 5.41) is 2.98. The van der Waals surface area contributed by atoms with Crippen LogP contribution in [0, 0.1) is 11.8 Å². The van der Waals surface area contributed by atoms with Gasteiger partial charge in [-0.05, 0) is 32.5 Å². The van der Waals surface area contributed by atoms with Crippen LogP contribution >= 0.6 is 0 Å². The Kier molecular flexibility index (Phi) is 6.88. The maximum absolute atomic E-state index is 14.8. The second-order valence-corrected chi connectivity index (χ2v) is 9.27. The number of likely N-dealkylation sites (N-methyl/N-ethyl adjacent to an activating group) is 1. The second-order valence-electron chi connectivity index (χ2n) is 9.27. The van der Waals surface area contributed by atoms with Crippen molar-refractivity contribution < 1.29 is 13.5 Å². The molecule has 36 heavy (non-hydrogen) atoms. The first-order valence-electron chi connectivity index (χ1n) is 12.0. The van der Waals surface area contributed by atoms with Crippen molar-refractivity contribution in [3.05, 3.63) is 41.9 Å². The number of ether oxygens (including phenoxy) is 1. The summed E-state index contributed by atoms with van der Waals surface area (Å²) in [6, 6.07) is 3.86. The summed E-state index contributed by atoms with van der Waals surface area (Å²) in [4.78, 5) is 27.5. The standard InChI is InChI=1S/C24H29F2N9O/c1-15(2)35-10-11-36-20-21(26)31-22(32-23(20)35)19-17(25)13-28-24(30-19)29-18-5-4-16(12-27-18)14-34-8-6-33(3)7-9-34/h4-5,12-13,15H,6-11,14H2,1-3H3,(H,27,28,29,30). The zero-order chi connectivity index (χ0) is 25.2. The van der Waals surface area contributed by atoms with Crippen LogP contribution in [0.2, 0.25) is 0 Å². The van der Waals surface area contributed by atoms with E-state index in [0.29, 0.717) is 19.0 Å². The topological polar surface area (TPSA) is 95.4 Å². The number of nitrogens with zero attached hydrogens (tertiary/aromatic N) is 8. The van der Waals surface area contributed by atoms with Gasteiger partial charge in [0.25, 0.3) is 5.95 Å². The molecule has 190 valence electrons. The molecule has 5 rings (SSSR count). The highest BCUT2D eigenvalue weighted by Gasteiger charge is 2.28. The Bertz CT molecular complexity index is 1220. The third-order valence-corrected chi connectivity index (χ3v) is 6.30. The molecule has 1 saturated heterocycles. The Morgan fingerprint density at radius 2 is 1.81 bits per heavy atom. The molecule has 3 aromatic heterocycles. The number of fused-ring (bicyclic) bond motifs is 1. The van der Waals surface area contributed by atoms with Crippen molar-refractivity contribution in [1.82, 2.24) is 34.7 Å². The Balaban J connectivity index is 1.34. The third kappa shape index (κ3) is 5.19. The van der Waals surface area contributed by atoms with Crippen LogP contribution in [-0.4, -0.2) is 87.1 Å². The molecule has 0 saturated carbocycles. The molecule has 0 bridgehead atoms. The molecule has 0 unspecified atom stereocenters. The molecule has 1 N–H and O–H groups in total. The maximum Gasteiger partial charge on any atom is 0.261 e. The van der Waals surface area contributed by atoms with Crippen molar-refractivity contribution in [3.63, 3.8) is 0 Å². The Hall–Kier alpha value is -3.51. The molecule has 0 spiro atoms. The van der Waals surface area contributed by atoms with Crippen molar-refractivity contribution >= 4 is 17.6 Å². The smallest absolute Gasteiger partial charge is 0.261 e.